The highest BCUT2D eigenvalue weighted by Crippen LogP contribution is 2.28. The Morgan fingerprint density at radius 2 is 2.16 bits per heavy atom. The van der Waals surface area contributed by atoms with Crippen LogP contribution in [0, 0.1) is 0 Å². The molecule has 25 heavy (non-hydrogen) atoms. The quantitative estimate of drug-likeness (QED) is 0.159. The van der Waals surface area contributed by atoms with E-state index in [4.69, 9.17) is 5.86 Å². The van der Waals surface area contributed by atoms with Crippen LogP contribution in [-0.2, 0) is 27.5 Å². The summed E-state index contributed by atoms with van der Waals surface area (Å²) in [6.45, 7) is 8.71. The van der Waals surface area contributed by atoms with Gasteiger partial charge in [-0.3, -0.25) is 19.2 Å². The Kier molecular flexibility index (Phi) is 7.75. The van der Waals surface area contributed by atoms with E-state index in [9.17, 15) is 19.2 Å². The summed E-state index contributed by atoms with van der Waals surface area (Å²) in [6.07, 6.45) is -1.61. The van der Waals surface area contributed by atoms with E-state index in [-0.39, 0.29) is 12.1 Å². The van der Waals surface area contributed by atoms with Crippen LogP contribution < -0.4 is 10.6 Å². The van der Waals surface area contributed by atoms with Gasteiger partial charge in [-0.25, -0.2) is 8.53 Å². The van der Waals surface area contributed by atoms with E-state index in [2.05, 4.69) is 20.8 Å². The van der Waals surface area contributed by atoms with Gasteiger partial charge >= 0.3 is 0 Å². The molecule has 1 rings (SSSR count). The minimum absolute atomic E-state index is 0.158. The second-order valence-corrected chi connectivity index (χ2v) is 6.48. The highest BCUT2D eigenvalue weighted by atomic mass is 32.2. The topological polar surface area (TPSA) is 114 Å². The summed E-state index contributed by atoms with van der Waals surface area (Å²) >= 11 is 0.985. The molecule has 1 aliphatic heterocycles. The lowest BCUT2D eigenvalue weighted by molar-refractivity contribution is -0.139. The number of hydrogen-bond acceptors (Lipinski definition) is 8. The molecule has 9 nitrogen and oxygen atoms in total. The average Bonchev–Trinajstić information content (AvgIpc) is 2.85. The summed E-state index contributed by atoms with van der Waals surface area (Å²) < 4.78 is 16.6. The molecule has 0 saturated carbocycles. The molecule has 1 aliphatic rings. The van der Waals surface area contributed by atoms with Crippen LogP contribution in [0.15, 0.2) is 12.3 Å². The Labute approximate surface area is 156 Å². The molecule has 4 amide bonds. The fourth-order valence-electron chi connectivity index (χ4n) is 2.08. The minimum Gasteiger partial charge on any atom is -0.369 e. The number of amides is 4. The molecule has 11 heteroatoms. The van der Waals surface area contributed by atoms with Gasteiger partial charge in [0, 0.05) is 18.6 Å². The summed E-state index contributed by atoms with van der Waals surface area (Å²) in [5, 5.41) is 4.13. The number of nitrogens with one attached hydrogen (secondary N) is 2. The molecular weight excluding hydrogens is 370 g/mol. The molecule has 0 bridgehead atoms. The smallest absolute Gasteiger partial charge is 0.269 e. The zero-order valence-corrected chi connectivity index (χ0v) is 15.7. The van der Waals surface area contributed by atoms with E-state index in [0.29, 0.717) is 36.4 Å². The van der Waals surface area contributed by atoms with Gasteiger partial charge in [0.15, 0.2) is 0 Å². The molecule has 1 saturated heterocycles. The van der Waals surface area contributed by atoms with Gasteiger partial charge < -0.3 is 15.4 Å². The average molecular weight is 393 g/mol. The predicted octanol–water partition coefficient (Wildman–Crippen LogP) is 0.141. The van der Waals surface area contributed by atoms with Crippen molar-refractivity contribution < 1.29 is 27.5 Å². The van der Waals surface area contributed by atoms with E-state index >= 15 is 0 Å². The second kappa shape index (κ2) is 9.80. The van der Waals surface area contributed by atoms with Gasteiger partial charge in [0.05, 0.1) is 12.6 Å². The summed E-state index contributed by atoms with van der Waals surface area (Å²) in [7, 11) is 0. The molecule has 140 valence electrons. The summed E-state index contributed by atoms with van der Waals surface area (Å²) in [5.74, 6) is -2.42. The first-order chi connectivity index (χ1) is 12.2. The number of nitrogens with zero attached hydrogens (tertiary/aromatic N) is 1. The number of ether oxygens (including phenoxy) is 1. The van der Waals surface area contributed by atoms with Gasteiger partial charge in [-0.1, -0.05) is 6.58 Å². The number of thiol groups is 1. The van der Waals surface area contributed by atoms with Crippen LogP contribution in [0.25, 0.3) is 0 Å². The minimum atomic E-state index is -0.839. The zero-order valence-electron chi connectivity index (χ0n) is 15.1. The molecule has 3 unspecified atom stereocenters. The van der Waals surface area contributed by atoms with Crippen molar-refractivity contribution >= 4 is 48.5 Å². The van der Waals surface area contributed by atoms with Crippen molar-refractivity contribution in [3.63, 3.8) is 0 Å². The van der Waals surface area contributed by atoms with Gasteiger partial charge in [-0.15, -0.1) is 0 Å². The Morgan fingerprint density at radius 3 is 2.76 bits per heavy atom. The highest BCUT2D eigenvalue weighted by Gasteiger charge is 2.42. The number of hydrogen-bond donors (Lipinski definition) is 3. The summed E-state index contributed by atoms with van der Waals surface area (Å²) in [4.78, 5) is 48.9. The molecule has 1 heterocycles. The molecule has 0 aromatic carbocycles. The summed E-state index contributed by atoms with van der Waals surface area (Å²) in [6, 6.07) is 0. The Balaban J connectivity index is 2.61. The third kappa shape index (κ3) is 5.73. The van der Waals surface area contributed by atoms with Crippen molar-refractivity contribution in [3.05, 3.63) is 12.3 Å². The molecular formula is C14H21N3O6S2. The van der Waals surface area contributed by atoms with Gasteiger partial charge in [0.1, 0.15) is 18.2 Å². The lowest BCUT2D eigenvalue weighted by Crippen LogP contribution is -2.50. The van der Waals surface area contributed by atoms with Crippen LogP contribution >= 0.6 is 24.9 Å². The van der Waals surface area contributed by atoms with Gasteiger partial charge in [-0.05, 0) is 33.6 Å². The lowest BCUT2D eigenvalue weighted by atomic mass is 10.3. The Morgan fingerprint density at radius 1 is 1.48 bits per heavy atom. The fourth-order valence-corrected chi connectivity index (χ4v) is 2.86. The molecule has 0 aliphatic carbocycles. The first-order valence-corrected chi connectivity index (χ1v) is 8.60. The van der Waals surface area contributed by atoms with Crippen LogP contribution in [0.2, 0.25) is 0 Å². The number of likely N-dealkylation sites (tertiary alicyclic amines) is 1. The van der Waals surface area contributed by atoms with E-state index in [1.54, 1.807) is 13.8 Å². The Hall–Kier alpha value is -1.56. The lowest BCUT2D eigenvalue weighted by Gasteiger charge is -2.21. The van der Waals surface area contributed by atoms with Gasteiger partial charge in [0.25, 0.3) is 5.91 Å². The Bertz CT molecular complexity index is 591. The SMILES string of the molecule is [3H]SOSC1CC(=O)N(C(=C)C(=O)NC(C)NC(=O)C(C)OCC)C1=O. The number of carbonyl (C=O) groups is 4. The van der Waals surface area contributed by atoms with Crippen LogP contribution in [0.3, 0.4) is 0 Å². The van der Waals surface area contributed by atoms with E-state index < -0.39 is 41.1 Å². The van der Waals surface area contributed by atoms with Crippen molar-refractivity contribution in [3.8, 4) is 0 Å². The number of imide groups is 1. The van der Waals surface area contributed by atoms with Gasteiger partial charge in [-0.2, -0.15) is 0 Å². The maximum Gasteiger partial charge on any atom is 0.269 e. The fraction of sp³-hybridized carbons (Fsp3) is 0.571. The molecule has 0 aromatic rings. The predicted molar refractivity (Wildman–Crippen MR) is 93.9 cm³/mol. The second-order valence-electron chi connectivity index (χ2n) is 5.17. The highest BCUT2D eigenvalue weighted by molar-refractivity contribution is 8.02. The van der Waals surface area contributed by atoms with Crippen LogP contribution in [-0.4, -0.2) is 53.8 Å². The molecule has 2 N–H and O–H groups in total. The maximum atomic E-state index is 12.2. The number of carbonyl (C=O) groups excluding carboxylic acids is 4. The van der Waals surface area contributed by atoms with Crippen molar-refractivity contribution in [1.82, 2.24) is 15.5 Å². The zero-order chi connectivity index (χ0) is 19.9. The van der Waals surface area contributed by atoms with E-state index in [1.807, 2.05) is 0 Å². The van der Waals surface area contributed by atoms with Crippen molar-refractivity contribution in [2.24, 2.45) is 0 Å². The van der Waals surface area contributed by atoms with Crippen LogP contribution in [0.5, 0.6) is 0 Å². The summed E-state index contributed by atoms with van der Waals surface area (Å²) in [5.41, 5.74) is -0.347. The van der Waals surface area contributed by atoms with E-state index in [0.717, 1.165) is 0 Å². The number of rotatable bonds is 10. The molecule has 0 radical (unpaired) electrons. The first-order valence-electron chi connectivity index (χ1n) is 7.87. The van der Waals surface area contributed by atoms with Crippen molar-refractivity contribution in [1.29, 1.82) is 1.12 Å². The van der Waals surface area contributed by atoms with Crippen LogP contribution in [0.4, 0.5) is 0 Å². The van der Waals surface area contributed by atoms with Crippen molar-refractivity contribution in [2.75, 3.05) is 6.61 Å². The maximum absolute atomic E-state index is 12.2. The molecule has 0 spiro atoms. The molecule has 1 fully saturated rings. The third-order valence-corrected chi connectivity index (χ3v) is 4.20. The molecule has 0 aromatic heterocycles. The molecule has 3 atom stereocenters. The largest absolute Gasteiger partial charge is 0.369 e. The normalized spacial score (nSPS) is 20.0. The van der Waals surface area contributed by atoms with Crippen molar-refractivity contribution in [2.45, 2.75) is 44.7 Å². The first kappa shape index (κ1) is 19.8. The van der Waals surface area contributed by atoms with Crippen LogP contribution in [0.1, 0.15) is 27.2 Å². The standard InChI is InChI=1S/C14H21N3O6S2/c1-5-22-8(3)13(20)16-9(4)15-12(19)7(2)17-11(18)6-10(14(17)21)25-23-24/h8-10,24H,2,5-6H2,1,3-4H3,(H,15,19)(H,16,20)/i/hT. The monoisotopic (exact) mass is 393 g/mol. The van der Waals surface area contributed by atoms with E-state index in [1.165, 1.54) is 6.92 Å². The van der Waals surface area contributed by atoms with Gasteiger partial charge in [0.2, 0.25) is 17.7 Å². The third-order valence-electron chi connectivity index (χ3n) is 3.28.